The van der Waals surface area contributed by atoms with Crippen LogP contribution < -0.4 is 0 Å². The van der Waals surface area contributed by atoms with Gasteiger partial charge in [-0.3, -0.25) is 0 Å². The SMILES string of the molecule is CC(C)CCC[C@H](C)[C@H]1CC[C@H]2[C@@H]3CCC4=C/C(=N/O)CC[C@]4(C)[C@H]3CC[C@]12C. The molecule has 2 heteroatoms. The van der Waals surface area contributed by atoms with Crippen LogP contribution in [0, 0.1) is 46.3 Å². The molecule has 0 bridgehead atoms. The number of oxime groups is 1. The van der Waals surface area contributed by atoms with Gasteiger partial charge in [0.05, 0.1) is 5.71 Å². The molecule has 4 rings (SSSR count). The third-order valence-electron chi connectivity index (χ3n) is 10.3. The molecule has 0 saturated heterocycles. The standard InChI is InChI=1S/C27H45NO/c1-18(2)7-6-8-19(3)23-11-12-24-22-10-9-20-17-21(28-29)13-15-26(20,4)25(22)14-16-27(23,24)5/h17-19,22-25,29H,6-16H2,1-5H3/b28-21+/t19-,22-,23+,24-,25-,26-,27+/m0/s1. The van der Waals surface area contributed by atoms with Gasteiger partial charge in [-0.2, -0.15) is 0 Å². The number of fused-ring (bicyclic) bond motifs is 5. The number of rotatable bonds is 5. The second kappa shape index (κ2) is 8.04. The summed E-state index contributed by atoms with van der Waals surface area (Å²) in [5.74, 6) is 5.43. The van der Waals surface area contributed by atoms with E-state index in [1.807, 2.05) is 0 Å². The maximum Gasteiger partial charge on any atom is 0.0795 e. The quantitative estimate of drug-likeness (QED) is 0.370. The molecule has 0 amide bonds. The van der Waals surface area contributed by atoms with Gasteiger partial charge in [-0.05, 0) is 104 Å². The molecule has 164 valence electrons. The van der Waals surface area contributed by atoms with Gasteiger partial charge in [0, 0.05) is 0 Å². The van der Waals surface area contributed by atoms with E-state index >= 15 is 0 Å². The Balaban J connectivity index is 1.49. The lowest BCUT2D eigenvalue weighted by atomic mass is 9.46. The van der Waals surface area contributed by atoms with Gasteiger partial charge in [-0.15, -0.1) is 0 Å². The summed E-state index contributed by atoms with van der Waals surface area (Å²) in [5.41, 5.74) is 3.45. The zero-order valence-corrected chi connectivity index (χ0v) is 19.7. The summed E-state index contributed by atoms with van der Waals surface area (Å²) < 4.78 is 0. The monoisotopic (exact) mass is 399 g/mol. The highest BCUT2D eigenvalue weighted by Crippen LogP contribution is 2.67. The Labute approximate surface area is 179 Å². The molecule has 0 unspecified atom stereocenters. The lowest BCUT2D eigenvalue weighted by Crippen LogP contribution is -2.51. The molecule has 4 aliphatic carbocycles. The summed E-state index contributed by atoms with van der Waals surface area (Å²) in [4.78, 5) is 0. The van der Waals surface area contributed by atoms with Gasteiger partial charge >= 0.3 is 0 Å². The second-order valence-corrected chi connectivity index (χ2v) is 12.1. The molecule has 1 N–H and O–H groups in total. The van der Waals surface area contributed by atoms with Gasteiger partial charge in [-0.1, -0.05) is 64.6 Å². The van der Waals surface area contributed by atoms with E-state index in [9.17, 15) is 5.21 Å². The van der Waals surface area contributed by atoms with Gasteiger partial charge in [0.25, 0.3) is 0 Å². The van der Waals surface area contributed by atoms with Gasteiger partial charge < -0.3 is 5.21 Å². The van der Waals surface area contributed by atoms with Crippen molar-refractivity contribution in [2.24, 2.45) is 51.5 Å². The highest BCUT2D eigenvalue weighted by molar-refractivity contribution is 5.96. The maximum absolute atomic E-state index is 9.27. The largest absolute Gasteiger partial charge is 0.411 e. The predicted molar refractivity (Wildman–Crippen MR) is 122 cm³/mol. The summed E-state index contributed by atoms with van der Waals surface area (Å²) in [6, 6.07) is 0. The summed E-state index contributed by atoms with van der Waals surface area (Å²) in [6.07, 6.45) is 17.1. The molecule has 7 atom stereocenters. The van der Waals surface area contributed by atoms with Gasteiger partial charge in [0.2, 0.25) is 0 Å². The van der Waals surface area contributed by atoms with Crippen molar-refractivity contribution in [2.45, 2.75) is 105 Å². The summed E-state index contributed by atoms with van der Waals surface area (Å²) >= 11 is 0. The van der Waals surface area contributed by atoms with Crippen LogP contribution in [0.15, 0.2) is 16.8 Å². The highest BCUT2D eigenvalue weighted by atomic mass is 16.4. The Morgan fingerprint density at radius 3 is 2.52 bits per heavy atom. The lowest BCUT2D eigenvalue weighted by molar-refractivity contribution is -0.0574. The average Bonchev–Trinajstić information content (AvgIpc) is 3.04. The topological polar surface area (TPSA) is 32.6 Å². The molecule has 0 aliphatic heterocycles. The van der Waals surface area contributed by atoms with E-state index in [2.05, 4.69) is 45.9 Å². The van der Waals surface area contributed by atoms with Crippen molar-refractivity contribution < 1.29 is 5.21 Å². The van der Waals surface area contributed by atoms with Crippen LogP contribution in [-0.4, -0.2) is 10.9 Å². The molecule has 0 aromatic rings. The Morgan fingerprint density at radius 1 is 1.00 bits per heavy atom. The number of hydrogen-bond acceptors (Lipinski definition) is 2. The summed E-state index contributed by atoms with van der Waals surface area (Å²) in [5, 5.41) is 12.8. The van der Waals surface area contributed by atoms with Crippen LogP contribution in [0.2, 0.25) is 0 Å². The average molecular weight is 400 g/mol. The lowest BCUT2D eigenvalue weighted by Gasteiger charge is -2.58. The molecule has 3 fully saturated rings. The van der Waals surface area contributed by atoms with Gasteiger partial charge in [0.1, 0.15) is 0 Å². The Kier molecular flexibility index (Phi) is 5.95. The number of nitrogens with zero attached hydrogens (tertiary/aromatic N) is 1. The van der Waals surface area contributed by atoms with Crippen LogP contribution in [0.25, 0.3) is 0 Å². The van der Waals surface area contributed by atoms with Crippen molar-refractivity contribution >= 4 is 5.71 Å². The molecule has 0 radical (unpaired) electrons. The minimum Gasteiger partial charge on any atom is -0.411 e. The zero-order chi connectivity index (χ0) is 20.8. The highest BCUT2D eigenvalue weighted by Gasteiger charge is 2.59. The molecule has 0 spiro atoms. The van der Waals surface area contributed by atoms with E-state index in [1.54, 1.807) is 5.57 Å². The smallest absolute Gasteiger partial charge is 0.0795 e. The maximum atomic E-state index is 9.27. The van der Waals surface area contributed by atoms with Crippen LogP contribution >= 0.6 is 0 Å². The second-order valence-electron chi connectivity index (χ2n) is 12.1. The van der Waals surface area contributed by atoms with E-state index < -0.39 is 0 Å². The minimum absolute atomic E-state index is 0.361. The number of allylic oxidation sites excluding steroid dienone is 2. The van der Waals surface area contributed by atoms with Crippen molar-refractivity contribution in [3.05, 3.63) is 11.6 Å². The van der Waals surface area contributed by atoms with Crippen molar-refractivity contribution in [3.8, 4) is 0 Å². The first-order valence-electron chi connectivity index (χ1n) is 12.7. The van der Waals surface area contributed by atoms with Gasteiger partial charge in [-0.25, -0.2) is 0 Å². The van der Waals surface area contributed by atoms with E-state index in [0.717, 1.165) is 47.6 Å². The van der Waals surface area contributed by atoms with Crippen LogP contribution in [-0.2, 0) is 0 Å². The normalized spacial score (nSPS) is 44.2. The Hall–Kier alpha value is -0.790. The molecule has 3 saturated carbocycles. The first-order chi connectivity index (χ1) is 13.8. The summed E-state index contributed by atoms with van der Waals surface area (Å²) in [7, 11) is 0. The zero-order valence-electron chi connectivity index (χ0n) is 19.7. The molecular formula is C27H45NO. The first-order valence-corrected chi connectivity index (χ1v) is 12.7. The minimum atomic E-state index is 0.361. The third kappa shape index (κ3) is 3.61. The van der Waals surface area contributed by atoms with E-state index in [4.69, 9.17) is 0 Å². The fraction of sp³-hybridized carbons (Fsp3) is 0.889. The number of hydrogen-bond donors (Lipinski definition) is 1. The first kappa shape index (κ1) is 21.4. The van der Waals surface area contributed by atoms with E-state index in [0.29, 0.717) is 10.8 Å². The van der Waals surface area contributed by atoms with Crippen LogP contribution in [0.5, 0.6) is 0 Å². The van der Waals surface area contributed by atoms with Crippen molar-refractivity contribution in [3.63, 3.8) is 0 Å². The summed E-state index contributed by atoms with van der Waals surface area (Å²) in [6.45, 7) is 12.5. The molecule has 29 heavy (non-hydrogen) atoms. The molecule has 0 heterocycles. The van der Waals surface area contributed by atoms with Crippen molar-refractivity contribution in [2.75, 3.05) is 0 Å². The third-order valence-corrected chi connectivity index (χ3v) is 10.3. The van der Waals surface area contributed by atoms with Crippen LogP contribution in [0.4, 0.5) is 0 Å². The van der Waals surface area contributed by atoms with Crippen molar-refractivity contribution in [1.29, 1.82) is 0 Å². The van der Waals surface area contributed by atoms with Crippen molar-refractivity contribution in [1.82, 2.24) is 0 Å². The fourth-order valence-corrected chi connectivity index (χ4v) is 8.67. The van der Waals surface area contributed by atoms with E-state index in [-0.39, 0.29) is 0 Å². The predicted octanol–water partition coefficient (Wildman–Crippen LogP) is 7.86. The van der Waals surface area contributed by atoms with Crippen LogP contribution in [0.3, 0.4) is 0 Å². The molecule has 0 aromatic heterocycles. The van der Waals surface area contributed by atoms with Gasteiger partial charge in [0.15, 0.2) is 0 Å². The molecular weight excluding hydrogens is 354 g/mol. The Morgan fingerprint density at radius 2 is 1.79 bits per heavy atom. The van der Waals surface area contributed by atoms with E-state index in [1.165, 1.54) is 64.2 Å². The molecule has 4 aliphatic rings. The fourth-order valence-electron chi connectivity index (χ4n) is 8.67. The molecule has 2 nitrogen and oxygen atoms in total. The molecule has 0 aromatic carbocycles. The Bertz CT molecular complexity index is 663. The van der Waals surface area contributed by atoms with Crippen LogP contribution in [0.1, 0.15) is 105 Å².